The Hall–Kier alpha value is -0.960. The van der Waals surface area contributed by atoms with E-state index < -0.39 is 15.8 Å². The fourth-order valence-electron chi connectivity index (χ4n) is 2.69. The number of hydrogen-bond donors (Lipinski definition) is 2. The first-order valence-electron chi connectivity index (χ1n) is 6.94. The molecule has 2 fully saturated rings. The summed E-state index contributed by atoms with van der Waals surface area (Å²) in [5.74, 6) is 0.599. The molecule has 0 bridgehead atoms. The van der Waals surface area contributed by atoms with Crippen molar-refractivity contribution in [3.8, 4) is 0 Å². The number of urea groups is 1. The zero-order valence-electron chi connectivity index (χ0n) is 11.7. The van der Waals surface area contributed by atoms with Crippen molar-refractivity contribution in [1.82, 2.24) is 10.2 Å². The van der Waals surface area contributed by atoms with Crippen molar-refractivity contribution in [2.75, 3.05) is 29.6 Å². The Balaban J connectivity index is 1.95. The van der Waals surface area contributed by atoms with Crippen LogP contribution in [0, 0.1) is 0 Å². The Morgan fingerprint density at radius 1 is 1.38 bits per heavy atom. The zero-order valence-corrected chi connectivity index (χ0v) is 13.3. The molecule has 0 aromatic heterocycles. The van der Waals surface area contributed by atoms with Gasteiger partial charge in [-0.3, -0.25) is 4.79 Å². The van der Waals surface area contributed by atoms with Gasteiger partial charge in [0, 0.05) is 24.1 Å². The molecule has 0 aliphatic carbocycles. The number of amides is 2. The van der Waals surface area contributed by atoms with Crippen LogP contribution in [0.4, 0.5) is 4.79 Å². The van der Waals surface area contributed by atoms with Gasteiger partial charge in [0.05, 0.1) is 24.0 Å². The molecule has 7 nitrogen and oxygen atoms in total. The summed E-state index contributed by atoms with van der Waals surface area (Å²) in [5, 5.41) is 11.7. The standard InChI is InChI=1S/C12H20N2O5S2/c15-11(16)6-10-7-20-4-3-14(10)12(17)13-9-2-1-5-21(18,19)8-9/h9-10H,1-8H2,(H,13,17)(H,15,16). The third kappa shape index (κ3) is 4.77. The fraction of sp³-hybridized carbons (Fsp3) is 0.833. The molecule has 2 heterocycles. The number of carbonyl (C=O) groups excluding carboxylic acids is 1. The number of nitrogens with zero attached hydrogens (tertiary/aromatic N) is 1. The maximum Gasteiger partial charge on any atom is 0.317 e. The third-order valence-corrected chi connectivity index (χ3v) is 6.60. The van der Waals surface area contributed by atoms with Gasteiger partial charge in [0.1, 0.15) is 0 Å². The smallest absolute Gasteiger partial charge is 0.317 e. The highest BCUT2D eigenvalue weighted by Gasteiger charge is 2.32. The molecule has 2 atom stereocenters. The Labute approximate surface area is 128 Å². The van der Waals surface area contributed by atoms with E-state index in [1.807, 2.05) is 0 Å². The highest BCUT2D eigenvalue weighted by Crippen LogP contribution is 2.20. The minimum atomic E-state index is -3.07. The number of carboxylic acids is 1. The molecule has 21 heavy (non-hydrogen) atoms. The molecule has 2 amide bonds. The van der Waals surface area contributed by atoms with Gasteiger partial charge in [0.25, 0.3) is 0 Å². The highest BCUT2D eigenvalue weighted by molar-refractivity contribution is 7.99. The second kappa shape index (κ2) is 6.87. The van der Waals surface area contributed by atoms with Gasteiger partial charge in [0.2, 0.25) is 0 Å². The first-order valence-corrected chi connectivity index (χ1v) is 9.92. The van der Waals surface area contributed by atoms with Gasteiger partial charge in [0.15, 0.2) is 9.84 Å². The monoisotopic (exact) mass is 336 g/mol. The number of carboxylic acid groups (broad SMARTS) is 1. The largest absolute Gasteiger partial charge is 0.481 e. The van der Waals surface area contributed by atoms with Gasteiger partial charge in [-0.2, -0.15) is 11.8 Å². The molecule has 0 radical (unpaired) electrons. The highest BCUT2D eigenvalue weighted by atomic mass is 32.2. The van der Waals surface area contributed by atoms with E-state index in [4.69, 9.17) is 5.11 Å². The van der Waals surface area contributed by atoms with E-state index in [-0.39, 0.29) is 36.0 Å². The van der Waals surface area contributed by atoms with Crippen molar-refractivity contribution in [2.45, 2.75) is 31.3 Å². The summed E-state index contributed by atoms with van der Waals surface area (Å²) in [6.07, 6.45) is 1.13. The van der Waals surface area contributed by atoms with Crippen LogP contribution in [0.5, 0.6) is 0 Å². The lowest BCUT2D eigenvalue weighted by atomic mass is 10.2. The normalized spacial score (nSPS) is 28.9. The Morgan fingerprint density at radius 3 is 2.81 bits per heavy atom. The van der Waals surface area contributed by atoms with Crippen molar-refractivity contribution in [3.63, 3.8) is 0 Å². The van der Waals surface area contributed by atoms with Crippen LogP contribution < -0.4 is 5.32 Å². The van der Waals surface area contributed by atoms with E-state index in [1.165, 1.54) is 4.90 Å². The van der Waals surface area contributed by atoms with Crippen LogP contribution in [0.25, 0.3) is 0 Å². The maximum atomic E-state index is 12.3. The van der Waals surface area contributed by atoms with Crippen LogP contribution in [-0.2, 0) is 14.6 Å². The van der Waals surface area contributed by atoms with E-state index in [2.05, 4.69) is 5.32 Å². The van der Waals surface area contributed by atoms with Crippen LogP contribution in [0.2, 0.25) is 0 Å². The van der Waals surface area contributed by atoms with Crippen molar-refractivity contribution < 1.29 is 23.1 Å². The summed E-state index contributed by atoms with van der Waals surface area (Å²) < 4.78 is 23.2. The summed E-state index contributed by atoms with van der Waals surface area (Å²) >= 11 is 1.63. The Bertz CT molecular complexity index is 508. The maximum absolute atomic E-state index is 12.3. The lowest BCUT2D eigenvalue weighted by molar-refractivity contribution is -0.138. The van der Waals surface area contributed by atoms with E-state index in [1.54, 1.807) is 11.8 Å². The number of nitrogens with one attached hydrogen (secondary N) is 1. The van der Waals surface area contributed by atoms with E-state index in [9.17, 15) is 18.0 Å². The van der Waals surface area contributed by atoms with Crippen molar-refractivity contribution in [2.24, 2.45) is 0 Å². The average Bonchev–Trinajstić information content (AvgIpc) is 2.37. The first-order chi connectivity index (χ1) is 9.87. The lowest BCUT2D eigenvalue weighted by Crippen LogP contribution is -2.55. The summed E-state index contributed by atoms with van der Waals surface area (Å²) in [4.78, 5) is 24.7. The molecule has 2 aliphatic heterocycles. The molecule has 2 N–H and O–H groups in total. The predicted octanol–water partition coefficient (Wildman–Crippen LogP) is 0.165. The molecular formula is C12H20N2O5S2. The van der Waals surface area contributed by atoms with E-state index in [0.29, 0.717) is 25.1 Å². The molecule has 9 heteroatoms. The lowest BCUT2D eigenvalue weighted by Gasteiger charge is -2.36. The minimum Gasteiger partial charge on any atom is -0.481 e. The summed E-state index contributed by atoms with van der Waals surface area (Å²) in [6.45, 7) is 0.494. The van der Waals surface area contributed by atoms with Crippen molar-refractivity contribution in [3.05, 3.63) is 0 Å². The number of carbonyl (C=O) groups is 2. The van der Waals surface area contributed by atoms with Gasteiger partial charge in [-0.05, 0) is 12.8 Å². The number of aliphatic carboxylic acids is 1. The van der Waals surface area contributed by atoms with Crippen molar-refractivity contribution >= 4 is 33.6 Å². The van der Waals surface area contributed by atoms with E-state index >= 15 is 0 Å². The molecule has 2 unspecified atom stereocenters. The minimum absolute atomic E-state index is 0.0229. The van der Waals surface area contributed by atoms with Gasteiger partial charge in [-0.1, -0.05) is 0 Å². The Morgan fingerprint density at radius 2 is 2.14 bits per heavy atom. The third-order valence-electron chi connectivity index (χ3n) is 3.69. The molecule has 2 rings (SSSR count). The summed E-state index contributed by atoms with van der Waals surface area (Å²) in [5.41, 5.74) is 0. The molecule has 2 saturated heterocycles. The summed E-state index contributed by atoms with van der Waals surface area (Å²) in [7, 11) is -3.07. The molecule has 0 saturated carbocycles. The number of rotatable bonds is 3. The predicted molar refractivity (Wildman–Crippen MR) is 80.3 cm³/mol. The molecule has 0 aromatic rings. The quantitative estimate of drug-likeness (QED) is 0.761. The molecule has 120 valence electrons. The molecule has 0 spiro atoms. The average molecular weight is 336 g/mol. The zero-order chi connectivity index (χ0) is 15.5. The van der Waals surface area contributed by atoms with Crippen LogP contribution >= 0.6 is 11.8 Å². The molecule has 2 aliphatic rings. The van der Waals surface area contributed by atoms with Crippen molar-refractivity contribution in [1.29, 1.82) is 0 Å². The van der Waals surface area contributed by atoms with Crippen LogP contribution in [0.1, 0.15) is 19.3 Å². The Kier molecular flexibility index (Phi) is 5.37. The summed E-state index contributed by atoms with van der Waals surface area (Å²) in [6, 6.07) is -1.04. The first kappa shape index (κ1) is 16.4. The SMILES string of the molecule is O=C(O)CC1CSCCN1C(=O)NC1CCCS(=O)(=O)C1. The van der Waals surface area contributed by atoms with Gasteiger partial charge >= 0.3 is 12.0 Å². The molecule has 0 aromatic carbocycles. The second-order valence-corrected chi connectivity index (χ2v) is 8.80. The number of sulfone groups is 1. The van der Waals surface area contributed by atoms with Gasteiger partial charge < -0.3 is 15.3 Å². The van der Waals surface area contributed by atoms with Gasteiger partial charge in [-0.25, -0.2) is 13.2 Å². The van der Waals surface area contributed by atoms with Crippen LogP contribution in [0.15, 0.2) is 0 Å². The topological polar surface area (TPSA) is 104 Å². The van der Waals surface area contributed by atoms with Crippen LogP contribution in [-0.4, -0.2) is 72.1 Å². The molecular weight excluding hydrogens is 316 g/mol. The fourth-order valence-corrected chi connectivity index (χ4v) is 5.39. The number of hydrogen-bond acceptors (Lipinski definition) is 5. The van der Waals surface area contributed by atoms with Crippen LogP contribution in [0.3, 0.4) is 0 Å². The second-order valence-electron chi connectivity index (χ2n) is 5.42. The van der Waals surface area contributed by atoms with Gasteiger partial charge in [-0.15, -0.1) is 0 Å². The van der Waals surface area contributed by atoms with E-state index in [0.717, 1.165) is 5.75 Å². The number of thioether (sulfide) groups is 1.